The first kappa shape index (κ1) is 10.5. The first-order valence-electron chi connectivity index (χ1n) is 4.92. The number of hydrogen-bond acceptors (Lipinski definition) is 4. The van der Waals surface area contributed by atoms with Gasteiger partial charge in [0.2, 0.25) is 5.89 Å². The molecule has 0 aliphatic rings. The zero-order chi connectivity index (χ0) is 11.4. The maximum absolute atomic E-state index is 10.4. The molecule has 5 nitrogen and oxygen atoms in total. The van der Waals surface area contributed by atoms with E-state index in [9.17, 15) is 4.79 Å². The Kier molecular flexibility index (Phi) is 3.05. The van der Waals surface area contributed by atoms with Crippen molar-refractivity contribution in [2.75, 3.05) is 0 Å². The summed E-state index contributed by atoms with van der Waals surface area (Å²) < 4.78 is 10.5. The predicted octanol–water partition coefficient (Wildman–Crippen LogP) is 1.88. The number of furan rings is 1. The van der Waals surface area contributed by atoms with Gasteiger partial charge >= 0.3 is 5.97 Å². The zero-order valence-corrected chi connectivity index (χ0v) is 8.55. The van der Waals surface area contributed by atoms with E-state index in [-0.39, 0.29) is 6.42 Å². The van der Waals surface area contributed by atoms with E-state index in [0.29, 0.717) is 24.5 Å². The molecule has 0 atom stereocenters. The van der Waals surface area contributed by atoms with Crippen LogP contribution >= 0.6 is 0 Å². The Balaban J connectivity index is 1.94. The fourth-order valence-electron chi connectivity index (χ4n) is 1.34. The molecule has 2 heterocycles. The molecular weight excluding hydrogens is 210 g/mol. The predicted molar refractivity (Wildman–Crippen MR) is 54.0 cm³/mol. The first-order chi connectivity index (χ1) is 7.74. The van der Waals surface area contributed by atoms with Gasteiger partial charge in [-0.25, -0.2) is 4.98 Å². The van der Waals surface area contributed by atoms with Crippen molar-refractivity contribution in [3.05, 3.63) is 42.0 Å². The van der Waals surface area contributed by atoms with Crippen molar-refractivity contribution in [2.24, 2.45) is 0 Å². The van der Waals surface area contributed by atoms with Crippen LogP contribution in [0.2, 0.25) is 0 Å². The average molecular weight is 221 g/mol. The van der Waals surface area contributed by atoms with Crippen LogP contribution in [0.5, 0.6) is 0 Å². The van der Waals surface area contributed by atoms with Crippen LogP contribution in [0.1, 0.15) is 23.8 Å². The highest BCUT2D eigenvalue weighted by Crippen LogP contribution is 2.11. The molecule has 2 rings (SSSR count). The van der Waals surface area contributed by atoms with Gasteiger partial charge in [-0.3, -0.25) is 4.79 Å². The monoisotopic (exact) mass is 221 g/mol. The minimum atomic E-state index is -0.844. The number of hydrogen-bond donors (Lipinski definition) is 1. The molecule has 0 aliphatic carbocycles. The molecule has 1 N–H and O–H groups in total. The molecule has 84 valence electrons. The van der Waals surface area contributed by atoms with Crippen LogP contribution in [-0.4, -0.2) is 16.1 Å². The highest BCUT2D eigenvalue weighted by Gasteiger charge is 2.08. The molecule has 0 aromatic carbocycles. The van der Waals surface area contributed by atoms with E-state index in [4.69, 9.17) is 13.9 Å². The molecule has 2 aromatic rings. The largest absolute Gasteiger partial charge is 0.481 e. The quantitative estimate of drug-likeness (QED) is 0.834. The van der Waals surface area contributed by atoms with Crippen molar-refractivity contribution in [1.82, 2.24) is 4.98 Å². The molecule has 0 saturated carbocycles. The van der Waals surface area contributed by atoms with Gasteiger partial charge in [-0.05, 0) is 12.1 Å². The number of oxazole rings is 1. The molecule has 0 aliphatic heterocycles. The summed E-state index contributed by atoms with van der Waals surface area (Å²) in [5.74, 6) is 1.05. The van der Waals surface area contributed by atoms with E-state index in [0.717, 1.165) is 5.76 Å². The maximum atomic E-state index is 10.4. The van der Waals surface area contributed by atoms with Gasteiger partial charge in [0, 0.05) is 6.42 Å². The van der Waals surface area contributed by atoms with Gasteiger partial charge in [0.1, 0.15) is 11.5 Å². The van der Waals surface area contributed by atoms with E-state index in [2.05, 4.69) is 4.98 Å². The van der Waals surface area contributed by atoms with Gasteiger partial charge in [-0.2, -0.15) is 0 Å². The number of aromatic nitrogens is 1. The van der Waals surface area contributed by atoms with Crippen molar-refractivity contribution >= 4 is 5.97 Å². The van der Waals surface area contributed by atoms with Gasteiger partial charge in [-0.15, -0.1) is 0 Å². The average Bonchev–Trinajstić information content (AvgIpc) is 2.87. The van der Waals surface area contributed by atoms with Crippen molar-refractivity contribution in [3.8, 4) is 0 Å². The van der Waals surface area contributed by atoms with Crippen LogP contribution in [0, 0.1) is 0 Å². The minimum absolute atomic E-state index is 0.0510. The van der Waals surface area contributed by atoms with Crippen LogP contribution in [0.15, 0.2) is 33.4 Å². The van der Waals surface area contributed by atoms with Crippen LogP contribution < -0.4 is 0 Å². The fraction of sp³-hybridized carbons (Fsp3) is 0.273. The third-order valence-electron chi connectivity index (χ3n) is 2.09. The van der Waals surface area contributed by atoms with Gasteiger partial charge < -0.3 is 13.9 Å². The lowest BCUT2D eigenvalue weighted by Gasteiger charge is -1.92. The molecule has 2 aromatic heterocycles. The molecule has 0 radical (unpaired) electrons. The second kappa shape index (κ2) is 4.65. The zero-order valence-electron chi connectivity index (χ0n) is 8.55. The van der Waals surface area contributed by atoms with E-state index < -0.39 is 5.97 Å². The summed E-state index contributed by atoms with van der Waals surface area (Å²) in [6.07, 6.45) is 4.04. The lowest BCUT2D eigenvalue weighted by atomic mass is 10.3. The van der Waals surface area contributed by atoms with Crippen molar-refractivity contribution in [2.45, 2.75) is 19.3 Å². The lowest BCUT2D eigenvalue weighted by molar-refractivity contribution is -0.137. The van der Waals surface area contributed by atoms with Crippen molar-refractivity contribution in [3.63, 3.8) is 0 Å². The Labute approximate surface area is 91.7 Å². The summed E-state index contributed by atoms with van der Waals surface area (Å²) in [5, 5.41) is 8.51. The second-order valence-corrected chi connectivity index (χ2v) is 3.37. The van der Waals surface area contributed by atoms with E-state index >= 15 is 0 Å². The summed E-state index contributed by atoms with van der Waals surface area (Å²) in [4.78, 5) is 14.4. The molecule has 5 heteroatoms. The normalized spacial score (nSPS) is 10.5. The van der Waals surface area contributed by atoms with Gasteiger partial charge in [0.15, 0.2) is 0 Å². The molecule has 0 unspecified atom stereocenters. The molecule has 0 fully saturated rings. The summed E-state index contributed by atoms with van der Waals surface area (Å²) in [5.41, 5.74) is 0. The van der Waals surface area contributed by atoms with E-state index in [1.165, 1.54) is 0 Å². The van der Waals surface area contributed by atoms with Crippen LogP contribution in [0.3, 0.4) is 0 Å². The van der Waals surface area contributed by atoms with Gasteiger partial charge in [-0.1, -0.05) is 0 Å². The Bertz CT molecular complexity index is 458. The van der Waals surface area contributed by atoms with E-state index in [1.807, 2.05) is 6.07 Å². The molecule has 16 heavy (non-hydrogen) atoms. The summed E-state index contributed by atoms with van der Waals surface area (Å²) >= 11 is 0. The first-order valence-corrected chi connectivity index (χ1v) is 4.92. The molecule has 0 spiro atoms. The maximum Gasteiger partial charge on any atom is 0.303 e. The number of carbonyl (C=O) groups is 1. The molecular formula is C11H11NO4. The number of rotatable bonds is 5. The summed E-state index contributed by atoms with van der Waals surface area (Å²) in [7, 11) is 0. The smallest absolute Gasteiger partial charge is 0.303 e. The molecule has 0 amide bonds. The third-order valence-corrected chi connectivity index (χ3v) is 2.09. The number of carboxylic acid groups (broad SMARTS) is 1. The highest BCUT2D eigenvalue weighted by atomic mass is 16.4. The van der Waals surface area contributed by atoms with E-state index in [1.54, 1.807) is 18.5 Å². The Morgan fingerprint density at radius 3 is 3.00 bits per heavy atom. The molecule has 0 saturated heterocycles. The fourth-order valence-corrected chi connectivity index (χ4v) is 1.34. The third kappa shape index (κ3) is 2.73. The number of aryl methyl sites for hydroxylation is 1. The van der Waals surface area contributed by atoms with Gasteiger partial charge in [0.05, 0.1) is 25.3 Å². The SMILES string of the molecule is O=C(O)CCc1cnc(Cc2ccco2)o1. The number of aliphatic carboxylic acids is 1. The van der Waals surface area contributed by atoms with Crippen LogP contribution in [-0.2, 0) is 17.6 Å². The Morgan fingerprint density at radius 2 is 2.31 bits per heavy atom. The molecule has 0 bridgehead atoms. The van der Waals surface area contributed by atoms with Crippen molar-refractivity contribution < 1.29 is 18.7 Å². The highest BCUT2D eigenvalue weighted by molar-refractivity contribution is 5.66. The Hall–Kier alpha value is -2.04. The Morgan fingerprint density at radius 1 is 1.44 bits per heavy atom. The van der Waals surface area contributed by atoms with Gasteiger partial charge in [0.25, 0.3) is 0 Å². The standard InChI is InChI=1S/C11H11NO4/c13-11(14)4-3-9-7-12-10(16-9)6-8-2-1-5-15-8/h1-2,5,7H,3-4,6H2,(H,13,14). The van der Waals surface area contributed by atoms with Crippen LogP contribution in [0.4, 0.5) is 0 Å². The minimum Gasteiger partial charge on any atom is -0.481 e. The van der Waals surface area contributed by atoms with Crippen molar-refractivity contribution in [1.29, 1.82) is 0 Å². The van der Waals surface area contributed by atoms with Crippen LogP contribution in [0.25, 0.3) is 0 Å². The second-order valence-electron chi connectivity index (χ2n) is 3.37. The summed E-state index contributed by atoms with van der Waals surface area (Å²) in [6.45, 7) is 0. The number of nitrogens with zero attached hydrogens (tertiary/aromatic N) is 1. The summed E-state index contributed by atoms with van der Waals surface area (Å²) in [6, 6.07) is 3.63. The topological polar surface area (TPSA) is 76.5 Å². The lowest BCUT2D eigenvalue weighted by Crippen LogP contribution is -1.96. The number of carboxylic acids is 1.